The fourth-order valence-electron chi connectivity index (χ4n) is 4.45. The number of aliphatic hydroxyl groups is 1. The van der Waals surface area contributed by atoms with Crippen LogP contribution in [0.1, 0.15) is 54.8 Å². The van der Waals surface area contributed by atoms with E-state index in [1.807, 2.05) is 31.2 Å². The Hall–Kier alpha value is -2.95. The highest BCUT2D eigenvalue weighted by molar-refractivity contribution is 6.46. The molecule has 2 heterocycles. The molecule has 2 aromatic rings. The van der Waals surface area contributed by atoms with Gasteiger partial charge in [0.2, 0.25) is 0 Å². The molecule has 0 radical (unpaired) electrons. The van der Waals surface area contributed by atoms with E-state index in [9.17, 15) is 14.7 Å². The molecule has 1 N–H and O–H groups in total. The van der Waals surface area contributed by atoms with Crippen LogP contribution in [0.4, 0.5) is 0 Å². The van der Waals surface area contributed by atoms with Crippen LogP contribution in [0.2, 0.25) is 0 Å². The SMILES string of the molecule is Cc1ccccc1C1/C(=C(/O)c2ccncc2)C(=O)C(=O)N1C1CCCCC1. The predicted molar refractivity (Wildman–Crippen MR) is 106 cm³/mol. The lowest BCUT2D eigenvalue weighted by atomic mass is 9.89. The summed E-state index contributed by atoms with van der Waals surface area (Å²) in [6.07, 6.45) is 8.18. The smallest absolute Gasteiger partial charge is 0.295 e. The maximum absolute atomic E-state index is 13.1. The summed E-state index contributed by atoms with van der Waals surface area (Å²) in [4.78, 5) is 31.8. The molecule has 144 valence electrons. The lowest BCUT2D eigenvalue weighted by Crippen LogP contribution is -2.40. The molecule has 1 aliphatic carbocycles. The maximum Gasteiger partial charge on any atom is 0.295 e. The van der Waals surface area contributed by atoms with E-state index in [0.717, 1.165) is 43.2 Å². The fourth-order valence-corrected chi connectivity index (χ4v) is 4.45. The summed E-state index contributed by atoms with van der Waals surface area (Å²) in [6, 6.07) is 10.5. The molecule has 5 nitrogen and oxygen atoms in total. The van der Waals surface area contributed by atoms with E-state index in [4.69, 9.17) is 0 Å². The topological polar surface area (TPSA) is 70.5 Å². The monoisotopic (exact) mass is 376 g/mol. The number of hydrogen-bond acceptors (Lipinski definition) is 4. The molecule has 5 heteroatoms. The molecule has 1 atom stereocenters. The van der Waals surface area contributed by atoms with Gasteiger partial charge >= 0.3 is 0 Å². The van der Waals surface area contributed by atoms with E-state index in [-0.39, 0.29) is 17.4 Å². The molecule has 2 aliphatic rings. The quantitative estimate of drug-likeness (QED) is 0.496. The molecular weight excluding hydrogens is 352 g/mol. The number of aryl methyl sites for hydroxylation is 1. The van der Waals surface area contributed by atoms with Crippen LogP contribution >= 0.6 is 0 Å². The van der Waals surface area contributed by atoms with Crippen LogP contribution in [-0.4, -0.2) is 32.7 Å². The highest BCUT2D eigenvalue weighted by Gasteiger charge is 2.49. The van der Waals surface area contributed by atoms with Crippen molar-refractivity contribution in [1.29, 1.82) is 0 Å². The Morgan fingerprint density at radius 1 is 1.04 bits per heavy atom. The first-order valence-electron chi connectivity index (χ1n) is 9.85. The molecule has 2 fully saturated rings. The maximum atomic E-state index is 13.1. The standard InChI is InChI=1S/C23H24N2O3/c1-15-7-5-6-10-18(15)20-19(21(26)16-11-13-24-14-12-16)22(27)23(28)25(20)17-8-3-2-4-9-17/h5-7,10-14,17,20,26H,2-4,8-9H2,1H3/b21-19-. The van der Waals surface area contributed by atoms with Crippen molar-refractivity contribution in [3.05, 3.63) is 71.1 Å². The Bertz CT molecular complexity index is 930. The van der Waals surface area contributed by atoms with E-state index in [0.29, 0.717) is 5.56 Å². The van der Waals surface area contributed by atoms with Crippen LogP contribution in [0.3, 0.4) is 0 Å². The summed E-state index contributed by atoms with van der Waals surface area (Å²) in [7, 11) is 0. The number of pyridine rings is 1. The highest BCUT2D eigenvalue weighted by Crippen LogP contribution is 2.43. The summed E-state index contributed by atoms with van der Waals surface area (Å²) in [6.45, 7) is 1.97. The van der Waals surface area contributed by atoms with Crippen molar-refractivity contribution in [2.45, 2.75) is 51.1 Å². The number of carbonyl (C=O) groups is 2. The Labute approximate surface area is 164 Å². The van der Waals surface area contributed by atoms with Crippen molar-refractivity contribution < 1.29 is 14.7 Å². The van der Waals surface area contributed by atoms with Gasteiger partial charge in [-0.05, 0) is 43.0 Å². The van der Waals surface area contributed by atoms with Gasteiger partial charge in [0.1, 0.15) is 5.76 Å². The van der Waals surface area contributed by atoms with Gasteiger partial charge in [0, 0.05) is 24.0 Å². The fraction of sp³-hybridized carbons (Fsp3) is 0.348. The molecule has 0 bridgehead atoms. The van der Waals surface area contributed by atoms with Gasteiger partial charge in [0.25, 0.3) is 11.7 Å². The minimum atomic E-state index is -0.604. The van der Waals surface area contributed by atoms with E-state index < -0.39 is 17.7 Å². The number of amides is 1. The van der Waals surface area contributed by atoms with Crippen molar-refractivity contribution in [2.75, 3.05) is 0 Å². The number of hydrogen-bond donors (Lipinski definition) is 1. The number of benzene rings is 1. The van der Waals surface area contributed by atoms with Crippen LogP contribution in [0.15, 0.2) is 54.4 Å². The zero-order valence-corrected chi connectivity index (χ0v) is 16.0. The van der Waals surface area contributed by atoms with E-state index in [1.165, 1.54) is 0 Å². The molecule has 0 spiro atoms. The molecule has 1 amide bonds. The van der Waals surface area contributed by atoms with Gasteiger partial charge in [0.15, 0.2) is 0 Å². The van der Waals surface area contributed by atoms with Crippen LogP contribution in [0.25, 0.3) is 5.76 Å². The number of Topliss-reactive ketones (excluding diaryl/α,β-unsaturated/α-hetero) is 1. The van der Waals surface area contributed by atoms with Crippen molar-refractivity contribution in [2.24, 2.45) is 0 Å². The number of rotatable bonds is 3. The molecule has 1 aromatic carbocycles. The number of nitrogens with zero attached hydrogens (tertiary/aromatic N) is 2. The molecule has 28 heavy (non-hydrogen) atoms. The Morgan fingerprint density at radius 3 is 2.39 bits per heavy atom. The number of aromatic nitrogens is 1. The second-order valence-corrected chi connectivity index (χ2v) is 7.59. The molecule has 1 saturated carbocycles. The first-order chi connectivity index (χ1) is 13.6. The first kappa shape index (κ1) is 18.4. The largest absolute Gasteiger partial charge is 0.507 e. The van der Waals surface area contributed by atoms with Crippen molar-refractivity contribution >= 4 is 17.4 Å². The molecule has 1 saturated heterocycles. The van der Waals surface area contributed by atoms with Crippen LogP contribution < -0.4 is 0 Å². The van der Waals surface area contributed by atoms with Crippen LogP contribution in [-0.2, 0) is 9.59 Å². The summed E-state index contributed by atoms with van der Waals surface area (Å²) < 4.78 is 0. The van der Waals surface area contributed by atoms with E-state index >= 15 is 0 Å². The third kappa shape index (κ3) is 3.11. The van der Waals surface area contributed by atoms with Gasteiger partial charge in [0.05, 0.1) is 11.6 Å². The lowest BCUT2D eigenvalue weighted by molar-refractivity contribution is -0.141. The number of ketones is 1. The average Bonchev–Trinajstić information content (AvgIpc) is 3.00. The zero-order valence-electron chi connectivity index (χ0n) is 16.0. The minimum absolute atomic E-state index is 0.0255. The van der Waals surface area contributed by atoms with Gasteiger partial charge in [-0.15, -0.1) is 0 Å². The summed E-state index contributed by atoms with van der Waals surface area (Å²) >= 11 is 0. The first-order valence-corrected chi connectivity index (χ1v) is 9.85. The highest BCUT2D eigenvalue weighted by atomic mass is 16.3. The van der Waals surface area contributed by atoms with Crippen molar-refractivity contribution in [1.82, 2.24) is 9.88 Å². The molecule has 4 rings (SSSR count). The van der Waals surface area contributed by atoms with Gasteiger partial charge in [-0.1, -0.05) is 43.5 Å². The number of aliphatic hydroxyl groups excluding tert-OH is 1. The molecule has 1 aliphatic heterocycles. The Kier molecular flexibility index (Phi) is 4.99. The number of likely N-dealkylation sites (tertiary alicyclic amines) is 1. The van der Waals surface area contributed by atoms with Crippen LogP contribution in [0.5, 0.6) is 0 Å². The number of carbonyl (C=O) groups excluding carboxylic acids is 2. The summed E-state index contributed by atoms with van der Waals surface area (Å²) in [5.74, 6) is -1.24. The van der Waals surface area contributed by atoms with Crippen molar-refractivity contribution in [3.63, 3.8) is 0 Å². The average molecular weight is 376 g/mol. The van der Waals surface area contributed by atoms with Gasteiger partial charge in [-0.3, -0.25) is 14.6 Å². The third-order valence-corrected chi connectivity index (χ3v) is 5.88. The van der Waals surface area contributed by atoms with Gasteiger partial charge < -0.3 is 10.0 Å². The molecule has 1 unspecified atom stereocenters. The van der Waals surface area contributed by atoms with Crippen molar-refractivity contribution in [3.8, 4) is 0 Å². The second kappa shape index (κ2) is 7.58. The van der Waals surface area contributed by atoms with Gasteiger partial charge in [-0.25, -0.2) is 0 Å². The van der Waals surface area contributed by atoms with E-state index in [2.05, 4.69) is 4.98 Å². The Morgan fingerprint density at radius 2 is 1.71 bits per heavy atom. The summed E-state index contributed by atoms with van der Waals surface area (Å²) in [5.41, 5.74) is 2.56. The normalized spacial score (nSPS) is 22.6. The molecular formula is C23H24N2O3. The zero-order chi connectivity index (χ0) is 19.7. The second-order valence-electron chi connectivity index (χ2n) is 7.59. The third-order valence-electron chi connectivity index (χ3n) is 5.88. The van der Waals surface area contributed by atoms with E-state index in [1.54, 1.807) is 29.4 Å². The Balaban J connectivity index is 1.90. The minimum Gasteiger partial charge on any atom is -0.507 e. The summed E-state index contributed by atoms with van der Waals surface area (Å²) in [5, 5.41) is 11.0. The lowest BCUT2D eigenvalue weighted by Gasteiger charge is -2.36. The molecule has 1 aromatic heterocycles. The van der Waals surface area contributed by atoms with Crippen LogP contribution in [0, 0.1) is 6.92 Å². The van der Waals surface area contributed by atoms with Gasteiger partial charge in [-0.2, -0.15) is 0 Å². The predicted octanol–water partition coefficient (Wildman–Crippen LogP) is 4.14.